The molecule has 4 heteroatoms. The molecule has 0 aromatic carbocycles. The van der Waals surface area contributed by atoms with Crippen molar-refractivity contribution in [3.8, 4) is 0 Å². The summed E-state index contributed by atoms with van der Waals surface area (Å²) in [4.78, 5) is 7.23. The fraction of sp³-hybridized carbons (Fsp3) is 0.471. The molecule has 112 valence electrons. The number of hydrogen-bond acceptors (Lipinski definition) is 4. The van der Waals surface area contributed by atoms with Gasteiger partial charge in [0, 0.05) is 19.1 Å². The molecule has 1 N–H and O–H groups in total. The van der Waals surface area contributed by atoms with E-state index in [9.17, 15) is 0 Å². The fourth-order valence-electron chi connectivity index (χ4n) is 2.53. The Hall–Kier alpha value is -1.65. The van der Waals surface area contributed by atoms with E-state index in [2.05, 4.69) is 35.3 Å². The lowest BCUT2D eigenvalue weighted by Gasteiger charge is -2.20. The Kier molecular flexibility index (Phi) is 4.68. The zero-order chi connectivity index (χ0) is 14.5. The van der Waals surface area contributed by atoms with Crippen molar-refractivity contribution in [3.63, 3.8) is 0 Å². The van der Waals surface area contributed by atoms with E-state index in [1.54, 1.807) is 6.26 Å². The van der Waals surface area contributed by atoms with Crippen molar-refractivity contribution in [2.45, 2.75) is 45.4 Å². The number of pyridine rings is 1. The topological polar surface area (TPSA) is 41.3 Å². The third kappa shape index (κ3) is 4.16. The number of furan rings is 1. The van der Waals surface area contributed by atoms with E-state index in [0.29, 0.717) is 6.04 Å². The number of hydrogen-bond donors (Lipinski definition) is 1. The van der Waals surface area contributed by atoms with Crippen LogP contribution in [0.3, 0.4) is 0 Å². The molecule has 0 bridgehead atoms. The first-order chi connectivity index (χ1) is 10.3. The molecule has 0 aliphatic heterocycles. The van der Waals surface area contributed by atoms with Gasteiger partial charge in [-0.2, -0.15) is 0 Å². The minimum atomic E-state index is 0.689. The molecule has 2 aromatic rings. The van der Waals surface area contributed by atoms with Crippen LogP contribution in [0.5, 0.6) is 0 Å². The van der Waals surface area contributed by atoms with E-state index in [-0.39, 0.29) is 0 Å². The molecule has 2 heterocycles. The highest BCUT2D eigenvalue weighted by atomic mass is 16.3. The van der Waals surface area contributed by atoms with Crippen LogP contribution in [0.4, 0.5) is 0 Å². The van der Waals surface area contributed by atoms with Crippen LogP contribution in [0, 0.1) is 0 Å². The zero-order valence-corrected chi connectivity index (χ0v) is 12.6. The highest BCUT2D eigenvalue weighted by molar-refractivity contribution is 5.12. The molecule has 4 nitrogen and oxygen atoms in total. The van der Waals surface area contributed by atoms with Crippen LogP contribution in [0.1, 0.15) is 36.9 Å². The maximum atomic E-state index is 5.48. The Morgan fingerprint density at radius 2 is 2.05 bits per heavy atom. The molecular weight excluding hydrogens is 262 g/mol. The summed E-state index contributed by atoms with van der Waals surface area (Å²) >= 11 is 0. The molecule has 0 radical (unpaired) electrons. The molecule has 1 aliphatic rings. The van der Waals surface area contributed by atoms with Gasteiger partial charge in [-0.1, -0.05) is 13.0 Å². The smallest absolute Gasteiger partial charge is 0.117 e. The highest BCUT2D eigenvalue weighted by Crippen LogP contribution is 2.29. The standard InChI is InChI=1S/C17H23N3O/c1-2-18-11-14-5-3-6-15(19-14)12-20(16-8-9-16)13-17-7-4-10-21-17/h3-7,10,16,18H,2,8-9,11-13H2,1H3. The van der Waals surface area contributed by atoms with Crippen LogP contribution in [0.15, 0.2) is 41.0 Å². The van der Waals surface area contributed by atoms with Crippen molar-refractivity contribution < 1.29 is 4.42 Å². The summed E-state index contributed by atoms with van der Waals surface area (Å²) in [5.74, 6) is 1.03. The van der Waals surface area contributed by atoms with Gasteiger partial charge in [0.05, 0.1) is 24.2 Å². The minimum absolute atomic E-state index is 0.689. The Morgan fingerprint density at radius 1 is 1.19 bits per heavy atom. The second-order valence-corrected chi connectivity index (χ2v) is 5.62. The lowest BCUT2D eigenvalue weighted by atomic mass is 10.2. The average molecular weight is 285 g/mol. The first kappa shape index (κ1) is 14.3. The van der Waals surface area contributed by atoms with Crippen LogP contribution >= 0.6 is 0 Å². The molecule has 0 saturated heterocycles. The molecule has 3 rings (SSSR count). The van der Waals surface area contributed by atoms with E-state index in [1.807, 2.05) is 12.1 Å². The molecule has 1 saturated carbocycles. The van der Waals surface area contributed by atoms with Gasteiger partial charge >= 0.3 is 0 Å². The predicted molar refractivity (Wildman–Crippen MR) is 82.6 cm³/mol. The lowest BCUT2D eigenvalue weighted by Crippen LogP contribution is -2.25. The zero-order valence-electron chi connectivity index (χ0n) is 12.6. The van der Waals surface area contributed by atoms with Crippen molar-refractivity contribution in [2.75, 3.05) is 6.54 Å². The minimum Gasteiger partial charge on any atom is -0.468 e. The highest BCUT2D eigenvalue weighted by Gasteiger charge is 2.29. The van der Waals surface area contributed by atoms with Gasteiger partial charge in [-0.15, -0.1) is 0 Å². The second kappa shape index (κ2) is 6.87. The maximum Gasteiger partial charge on any atom is 0.117 e. The van der Waals surface area contributed by atoms with Crippen molar-refractivity contribution in [2.24, 2.45) is 0 Å². The third-order valence-electron chi connectivity index (χ3n) is 3.79. The third-order valence-corrected chi connectivity index (χ3v) is 3.79. The molecule has 1 fully saturated rings. The summed E-state index contributed by atoms with van der Waals surface area (Å²) in [6, 6.07) is 11.0. The summed E-state index contributed by atoms with van der Waals surface area (Å²) in [7, 11) is 0. The van der Waals surface area contributed by atoms with E-state index in [1.165, 1.54) is 12.8 Å². The molecule has 0 unspecified atom stereocenters. The predicted octanol–water partition coefficient (Wildman–Crippen LogP) is 2.95. The largest absolute Gasteiger partial charge is 0.468 e. The normalized spacial score (nSPS) is 14.8. The van der Waals surface area contributed by atoms with Crippen LogP contribution in [-0.2, 0) is 19.6 Å². The van der Waals surface area contributed by atoms with E-state index in [0.717, 1.165) is 43.3 Å². The van der Waals surface area contributed by atoms with Gasteiger partial charge in [0.15, 0.2) is 0 Å². The van der Waals surface area contributed by atoms with Crippen molar-refractivity contribution >= 4 is 0 Å². The summed E-state index contributed by atoms with van der Waals surface area (Å²) in [5.41, 5.74) is 2.26. The molecule has 0 spiro atoms. The van der Waals surface area contributed by atoms with E-state index >= 15 is 0 Å². The second-order valence-electron chi connectivity index (χ2n) is 5.62. The first-order valence-corrected chi connectivity index (χ1v) is 7.77. The number of aromatic nitrogens is 1. The van der Waals surface area contributed by atoms with E-state index < -0.39 is 0 Å². The van der Waals surface area contributed by atoms with Gasteiger partial charge in [0.2, 0.25) is 0 Å². The summed E-state index contributed by atoms with van der Waals surface area (Å²) in [6.07, 6.45) is 4.32. The SMILES string of the molecule is CCNCc1cccc(CN(Cc2ccco2)C2CC2)n1. The summed E-state index contributed by atoms with van der Waals surface area (Å²) in [5, 5.41) is 3.33. The van der Waals surface area contributed by atoms with Crippen molar-refractivity contribution in [1.29, 1.82) is 0 Å². The first-order valence-electron chi connectivity index (χ1n) is 7.77. The molecular formula is C17H23N3O. The molecule has 2 aromatic heterocycles. The van der Waals surface area contributed by atoms with Gasteiger partial charge in [-0.3, -0.25) is 9.88 Å². The number of nitrogens with zero attached hydrogens (tertiary/aromatic N) is 2. The molecule has 1 aliphatic carbocycles. The van der Waals surface area contributed by atoms with Gasteiger partial charge in [0.25, 0.3) is 0 Å². The Labute approximate surface area is 126 Å². The lowest BCUT2D eigenvalue weighted by molar-refractivity contribution is 0.222. The number of nitrogens with one attached hydrogen (secondary N) is 1. The van der Waals surface area contributed by atoms with Gasteiger partial charge in [-0.25, -0.2) is 0 Å². The molecule has 0 amide bonds. The van der Waals surface area contributed by atoms with Crippen LogP contribution in [-0.4, -0.2) is 22.5 Å². The summed E-state index contributed by atoms with van der Waals surface area (Å²) < 4.78 is 5.48. The molecule has 21 heavy (non-hydrogen) atoms. The van der Waals surface area contributed by atoms with E-state index in [4.69, 9.17) is 9.40 Å². The quantitative estimate of drug-likeness (QED) is 0.809. The fourth-order valence-corrected chi connectivity index (χ4v) is 2.53. The van der Waals surface area contributed by atoms with Gasteiger partial charge < -0.3 is 9.73 Å². The monoisotopic (exact) mass is 285 g/mol. The summed E-state index contributed by atoms with van der Waals surface area (Å²) in [6.45, 7) is 5.69. The van der Waals surface area contributed by atoms with Crippen LogP contribution in [0.2, 0.25) is 0 Å². The van der Waals surface area contributed by atoms with Gasteiger partial charge in [-0.05, 0) is 43.7 Å². The number of rotatable bonds is 8. The average Bonchev–Trinajstić information content (AvgIpc) is 3.23. The van der Waals surface area contributed by atoms with Crippen LogP contribution in [0.25, 0.3) is 0 Å². The Morgan fingerprint density at radius 3 is 2.76 bits per heavy atom. The Bertz CT molecular complexity index is 549. The Balaban J connectivity index is 1.65. The molecule has 0 atom stereocenters. The van der Waals surface area contributed by atoms with Crippen molar-refractivity contribution in [1.82, 2.24) is 15.2 Å². The van der Waals surface area contributed by atoms with Crippen LogP contribution < -0.4 is 5.32 Å². The maximum absolute atomic E-state index is 5.48. The van der Waals surface area contributed by atoms with Crippen molar-refractivity contribution in [3.05, 3.63) is 53.7 Å². The van der Waals surface area contributed by atoms with Gasteiger partial charge in [0.1, 0.15) is 5.76 Å².